The summed E-state index contributed by atoms with van der Waals surface area (Å²) < 4.78 is 0. The van der Waals surface area contributed by atoms with Crippen molar-refractivity contribution in [2.45, 2.75) is 26.7 Å². The Hall–Kier alpha value is -1.16. The minimum atomic E-state index is 0.817. The van der Waals surface area contributed by atoms with Crippen LogP contribution >= 0.6 is 11.3 Å². The Morgan fingerprint density at radius 1 is 1.50 bits per heavy atom. The number of hydrogen-bond acceptors (Lipinski definition) is 3. The predicted octanol–water partition coefficient (Wildman–Crippen LogP) is 2.79. The van der Waals surface area contributed by atoms with Gasteiger partial charge in [-0.2, -0.15) is 5.10 Å². The van der Waals surface area contributed by atoms with E-state index in [9.17, 15) is 0 Å². The summed E-state index contributed by atoms with van der Waals surface area (Å²) >= 11 is 1.73. The normalized spacial score (nSPS) is 10.7. The molecule has 0 saturated heterocycles. The Balaban J connectivity index is 2.24. The minimum Gasteiger partial charge on any atom is -0.263 e. The zero-order valence-electron chi connectivity index (χ0n) is 8.37. The van der Waals surface area contributed by atoms with Crippen molar-refractivity contribution in [1.29, 1.82) is 0 Å². The van der Waals surface area contributed by atoms with E-state index in [2.05, 4.69) is 40.5 Å². The fourth-order valence-electron chi connectivity index (χ4n) is 1.33. The summed E-state index contributed by atoms with van der Waals surface area (Å²) in [5.74, 6) is 1.80. The first-order valence-corrected chi connectivity index (χ1v) is 5.64. The summed E-state index contributed by atoms with van der Waals surface area (Å²) in [5, 5.41) is 9.24. The molecule has 0 atom stereocenters. The average Bonchev–Trinajstić information content (AvgIpc) is 2.74. The van der Waals surface area contributed by atoms with Gasteiger partial charge in [0.05, 0.1) is 0 Å². The molecule has 0 unspecified atom stereocenters. The molecule has 14 heavy (non-hydrogen) atoms. The number of nitrogens with one attached hydrogen (secondary N) is 1. The molecule has 0 amide bonds. The first-order valence-electron chi connectivity index (χ1n) is 4.76. The topological polar surface area (TPSA) is 41.6 Å². The van der Waals surface area contributed by atoms with E-state index in [0.717, 1.165) is 30.1 Å². The highest BCUT2D eigenvalue weighted by Gasteiger charge is 2.06. The summed E-state index contributed by atoms with van der Waals surface area (Å²) in [4.78, 5) is 5.72. The van der Waals surface area contributed by atoms with Gasteiger partial charge < -0.3 is 0 Å². The van der Waals surface area contributed by atoms with Crippen LogP contribution in [0.4, 0.5) is 0 Å². The number of aromatic nitrogens is 3. The van der Waals surface area contributed by atoms with Crippen molar-refractivity contribution in [1.82, 2.24) is 15.2 Å². The maximum atomic E-state index is 4.42. The van der Waals surface area contributed by atoms with E-state index < -0.39 is 0 Å². The van der Waals surface area contributed by atoms with Gasteiger partial charge in [0, 0.05) is 22.2 Å². The van der Waals surface area contributed by atoms with Gasteiger partial charge in [-0.25, -0.2) is 4.98 Å². The Morgan fingerprint density at radius 3 is 3.00 bits per heavy atom. The first-order chi connectivity index (χ1) is 6.79. The van der Waals surface area contributed by atoms with Gasteiger partial charge in [-0.1, -0.05) is 6.92 Å². The highest BCUT2D eigenvalue weighted by molar-refractivity contribution is 7.10. The summed E-state index contributed by atoms with van der Waals surface area (Å²) in [6.07, 6.45) is 2.06. The monoisotopic (exact) mass is 207 g/mol. The SMILES string of the molecule is CCCc1nc(-c2csc(C)c2)n[nH]1. The van der Waals surface area contributed by atoms with Crippen molar-refractivity contribution >= 4 is 11.3 Å². The second kappa shape index (κ2) is 3.92. The van der Waals surface area contributed by atoms with Crippen LogP contribution in [-0.2, 0) is 6.42 Å². The van der Waals surface area contributed by atoms with Crippen LogP contribution in [-0.4, -0.2) is 15.2 Å². The van der Waals surface area contributed by atoms with E-state index >= 15 is 0 Å². The molecule has 2 heterocycles. The minimum absolute atomic E-state index is 0.817. The molecule has 0 aliphatic rings. The molecule has 2 aromatic heterocycles. The third-order valence-electron chi connectivity index (χ3n) is 2.01. The molecule has 0 fully saturated rings. The lowest BCUT2D eigenvalue weighted by Gasteiger charge is -1.87. The molecular weight excluding hydrogens is 194 g/mol. The zero-order chi connectivity index (χ0) is 9.97. The van der Waals surface area contributed by atoms with E-state index in [1.165, 1.54) is 4.88 Å². The Labute approximate surface area is 87.2 Å². The van der Waals surface area contributed by atoms with Crippen LogP contribution in [0.5, 0.6) is 0 Å². The van der Waals surface area contributed by atoms with E-state index in [-0.39, 0.29) is 0 Å². The van der Waals surface area contributed by atoms with Gasteiger partial charge in [-0.15, -0.1) is 11.3 Å². The quantitative estimate of drug-likeness (QED) is 0.840. The highest BCUT2D eigenvalue weighted by atomic mass is 32.1. The van der Waals surface area contributed by atoms with Crippen LogP contribution in [0.25, 0.3) is 11.4 Å². The van der Waals surface area contributed by atoms with Gasteiger partial charge >= 0.3 is 0 Å². The van der Waals surface area contributed by atoms with Crippen LogP contribution in [0.1, 0.15) is 24.0 Å². The number of rotatable bonds is 3. The number of hydrogen-bond donors (Lipinski definition) is 1. The predicted molar refractivity (Wildman–Crippen MR) is 58.4 cm³/mol. The van der Waals surface area contributed by atoms with Gasteiger partial charge in [0.1, 0.15) is 5.82 Å². The number of aromatic amines is 1. The summed E-state index contributed by atoms with van der Waals surface area (Å²) in [5.41, 5.74) is 1.12. The fraction of sp³-hybridized carbons (Fsp3) is 0.400. The van der Waals surface area contributed by atoms with Crippen LogP contribution < -0.4 is 0 Å². The molecule has 4 heteroatoms. The van der Waals surface area contributed by atoms with Gasteiger partial charge in [-0.3, -0.25) is 5.10 Å². The number of nitrogens with zero attached hydrogens (tertiary/aromatic N) is 2. The van der Waals surface area contributed by atoms with Crippen molar-refractivity contribution in [3.63, 3.8) is 0 Å². The number of H-pyrrole nitrogens is 1. The van der Waals surface area contributed by atoms with Gasteiger partial charge in [0.15, 0.2) is 5.82 Å². The molecule has 0 saturated carbocycles. The lowest BCUT2D eigenvalue weighted by atomic mass is 10.3. The Kier molecular flexibility index (Phi) is 2.63. The van der Waals surface area contributed by atoms with E-state index in [4.69, 9.17) is 0 Å². The largest absolute Gasteiger partial charge is 0.263 e. The summed E-state index contributed by atoms with van der Waals surface area (Å²) in [6.45, 7) is 4.23. The molecule has 0 radical (unpaired) electrons. The van der Waals surface area contributed by atoms with Crippen LogP contribution in [0, 0.1) is 6.92 Å². The Bertz CT molecular complexity index is 416. The molecule has 1 N–H and O–H groups in total. The first kappa shape index (κ1) is 9.40. The van der Waals surface area contributed by atoms with Crippen LogP contribution in [0.3, 0.4) is 0 Å². The third kappa shape index (κ3) is 1.85. The molecular formula is C10H13N3S. The van der Waals surface area contributed by atoms with Gasteiger partial charge in [-0.05, 0) is 19.4 Å². The number of aryl methyl sites for hydroxylation is 2. The van der Waals surface area contributed by atoms with Crippen molar-refractivity contribution in [2.75, 3.05) is 0 Å². The van der Waals surface area contributed by atoms with Crippen LogP contribution in [0.2, 0.25) is 0 Å². The molecule has 2 aromatic rings. The zero-order valence-corrected chi connectivity index (χ0v) is 9.19. The molecule has 0 bridgehead atoms. The fourth-order valence-corrected chi connectivity index (χ4v) is 2.02. The standard InChI is InChI=1S/C10H13N3S/c1-3-4-9-11-10(13-12-9)8-5-7(2)14-6-8/h5-6H,3-4H2,1-2H3,(H,11,12,13). The second-order valence-corrected chi connectivity index (χ2v) is 4.42. The van der Waals surface area contributed by atoms with Gasteiger partial charge in [0.2, 0.25) is 0 Å². The van der Waals surface area contributed by atoms with Crippen molar-refractivity contribution < 1.29 is 0 Å². The molecule has 3 nitrogen and oxygen atoms in total. The van der Waals surface area contributed by atoms with Crippen molar-refractivity contribution in [3.8, 4) is 11.4 Å². The van der Waals surface area contributed by atoms with E-state index in [1.54, 1.807) is 11.3 Å². The van der Waals surface area contributed by atoms with E-state index in [0.29, 0.717) is 0 Å². The molecule has 74 valence electrons. The maximum Gasteiger partial charge on any atom is 0.181 e. The second-order valence-electron chi connectivity index (χ2n) is 3.30. The third-order valence-corrected chi connectivity index (χ3v) is 2.87. The molecule has 0 aromatic carbocycles. The lowest BCUT2D eigenvalue weighted by Crippen LogP contribution is -1.84. The lowest BCUT2D eigenvalue weighted by molar-refractivity contribution is 0.841. The van der Waals surface area contributed by atoms with E-state index in [1.807, 2.05) is 0 Å². The molecule has 0 aliphatic carbocycles. The smallest absolute Gasteiger partial charge is 0.181 e. The molecule has 0 spiro atoms. The van der Waals surface area contributed by atoms with Crippen LogP contribution in [0.15, 0.2) is 11.4 Å². The van der Waals surface area contributed by atoms with Gasteiger partial charge in [0.25, 0.3) is 0 Å². The van der Waals surface area contributed by atoms with Crippen molar-refractivity contribution in [3.05, 3.63) is 22.1 Å². The molecule has 0 aliphatic heterocycles. The average molecular weight is 207 g/mol. The number of thiophene rings is 1. The Morgan fingerprint density at radius 2 is 2.36 bits per heavy atom. The molecule has 2 rings (SSSR count). The van der Waals surface area contributed by atoms with Crippen molar-refractivity contribution in [2.24, 2.45) is 0 Å². The summed E-state index contributed by atoms with van der Waals surface area (Å²) in [7, 11) is 0. The summed E-state index contributed by atoms with van der Waals surface area (Å²) in [6, 6.07) is 2.11. The highest BCUT2D eigenvalue weighted by Crippen LogP contribution is 2.21. The maximum absolute atomic E-state index is 4.42.